The summed E-state index contributed by atoms with van der Waals surface area (Å²) in [6.07, 6.45) is -4.16. The molecule has 0 radical (unpaired) electrons. The average molecular weight is 415 g/mol. The number of hydrogen-bond acceptors (Lipinski definition) is 10. The molecule has 0 aliphatic carbocycles. The molecule has 30 heavy (non-hydrogen) atoms. The molecule has 0 amide bonds. The summed E-state index contributed by atoms with van der Waals surface area (Å²) in [5.74, 6) is -0.248. The molecule has 4 rings (SSSR count). The zero-order valence-corrected chi connectivity index (χ0v) is 16.0. The van der Waals surface area contributed by atoms with Gasteiger partial charge in [0.1, 0.15) is 18.3 Å². The molecule has 1 aliphatic heterocycles. The van der Waals surface area contributed by atoms with E-state index in [1.54, 1.807) is 12.1 Å². The Kier molecular flexibility index (Phi) is 5.30. The van der Waals surface area contributed by atoms with Crippen molar-refractivity contribution in [2.24, 2.45) is 10.2 Å². The Balaban J connectivity index is 1.82. The molecule has 0 spiro atoms. The highest BCUT2D eigenvalue weighted by Crippen LogP contribution is 2.35. The van der Waals surface area contributed by atoms with Crippen molar-refractivity contribution < 1.29 is 20.1 Å². The zero-order valence-electron chi connectivity index (χ0n) is 16.0. The van der Waals surface area contributed by atoms with Gasteiger partial charge < -0.3 is 25.8 Å². The number of H-pyrrole nitrogens is 1. The van der Waals surface area contributed by atoms with Gasteiger partial charge in [-0.25, -0.2) is 4.98 Å². The summed E-state index contributed by atoms with van der Waals surface area (Å²) in [4.78, 5) is 22.9. The summed E-state index contributed by atoms with van der Waals surface area (Å²) in [5, 5.41) is 38.2. The van der Waals surface area contributed by atoms with Crippen molar-refractivity contribution in [1.82, 2.24) is 19.5 Å². The number of anilines is 1. The van der Waals surface area contributed by atoms with Crippen LogP contribution in [0.2, 0.25) is 0 Å². The number of aromatic nitrogens is 4. The summed E-state index contributed by atoms with van der Waals surface area (Å²) in [6.45, 7) is 1.52. The number of nitrogens with two attached hydrogens (primary N) is 1. The lowest BCUT2D eigenvalue weighted by Crippen LogP contribution is -2.33. The first-order valence-electron chi connectivity index (χ1n) is 9.33. The van der Waals surface area contributed by atoms with Gasteiger partial charge in [-0.3, -0.25) is 14.3 Å². The van der Waals surface area contributed by atoms with Crippen LogP contribution < -0.4 is 11.3 Å². The summed E-state index contributed by atoms with van der Waals surface area (Å²) in [7, 11) is 0. The van der Waals surface area contributed by atoms with Crippen LogP contribution in [0, 0.1) is 0 Å². The first-order valence-corrected chi connectivity index (χ1v) is 9.33. The van der Waals surface area contributed by atoms with Crippen LogP contribution in [-0.2, 0) is 11.2 Å². The molecule has 4 atom stereocenters. The number of fused-ring (bicyclic) bond motifs is 1. The lowest BCUT2D eigenvalue weighted by atomic mass is 10.1. The van der Waals surface area contributed by atoms with Crippen molar-refractivity contribution in [3.05, 3.63) is 40.2 Å². The fourth-order valence-electron chi connectivity index (χ4n) is 3.29. The van der Waals surface area contributed by atoms with Gasteiger partial charge in [-0.1, -0.05) is 19.1 Å². The van der Waals surface area contributed by atoms with Gasteiger partial charge in [0.25, 0.3) is 11.5 Å². The van der Waals surface area contributed by atoms with Gasteiger partial charge >= 0.3 is 0 Å². The Hall–Kier alpha value is -3.19. The fourth-order valence-corrected chi connectivity index (χ4v) is 3.29. The van der Waals surface area contributed by atoms with Crippen LogP contribution >= 0.6 is 0 Å². The van der Waals surface area contributed by atoms with E-state index in [0.717, 1.165) is 12.0 Å². The van der Waals surface area contributed by atoms with Crippen LogP contribution in [0.25, 0.3) is 11.2 Å². The van der Waals surface area contributed by atoms with E-state index in [1.165, 1.54) is 4.57 Å². The van der Waals surface area contributed by atoms with E-state index in [9.17, 15) is 20.1 Å². The van der Waals surface area contributed by atoms with Gasteiger partial charge in [-0.2, -0.15) is 4.98 Å². The lowest BCUT2D eigenvalue weighted by molar-refractivity contribution is -0.0503. The second-order valence-electron chi connectivity index (χ2n) is 6.85. The van der Waals surface area contributed by atoms with E-state index < -0.39 is 36.7 Å². The van der Waals surface area contributed by atoms with Crippen LogP contribution in [0.3, 0.4) is 0 Å². The summed E-state index contributed by atoms with van der Waals surface area (Å²) >= 11 is 0. The molecule has 1 aliphatic rings. The number of aliphatic hydroxyl groups excluding tert-OH is 3. The van der Waals surface area contributed by atoms with Crippen molar-refractivity contribution in [3.63, 3.8) is 0 Å². The standard InChI is InChI=1S/C18H21N7O5/c1-2-8-3-5-9(6-4-8)23-24-18-20-11-14(21-17(19)22-15(11)29)25(18)16-13(28)12(27)10(7-26)30-16/h3-6,10,12-13,16,26-28H,2,7H2,1H3,(H3,19,21,22,29)/b24-23+/t10-,12?,13?,16-/m1/s1. The topological polar surface area (TPSA) is 184 Å². The molecule has 0 saturated carbocycles. The number of aryl methyl sites for hydroxylation is 1. The molecule has 1 saturated heterocycles. The molecule has 12 heteroatoms. The van der Waals surface area contributed by atoms with Crippen molar-refractivity contribution in [3.8, 4) is 0 Å². The summed E-state index contributed by atoms with van der Waals surface area (Å²) < 4.78 is 6.80. The minimum Gasteiger partial charge on any atom is -0.394 e. The molecule has 1 fully saturated rings. The molecule has 0 bridgehead atoms. The van der Waals surface area contributed by atoms with Crippen molar-refractivity contribution >= 4 is 28.7 Å². The Morgan fingerprint density at radius 3 is 2.57 bits per heavy atom. The lowest BCUT2D eigenvalue weighted by Gasteiger charge is -2.17. The number of imidazole rings is 1. The molecule has 3 heterocycles. The third kappa shape index (κ3) is 3.45. The SMILES string of the molecule is CCc1ccc(/N=N/c2nc3c(=O)[nH]c(N)nc3n2[C@@H]2O[C@H](CO)C(O)C2O)cc1. The average Bonchev–Trinajstić information content (AvgIpc) is 3.24. The molecule has 158 valence electrons. The molecule has 1 aromatic carbocycles. The Bertz CT molecular complexity index is 1140. The molecule has 3 aromatic rings. The van der Waals surface area contributed by atoms with Crippen molar-refractivity contribution in [2.45, 2.75) is 37.9 Å². The number of rotatable bonds is 5. The minimum atomic E-state index is -1.43. The number of benzene rings is 1. The van der Waals surface area contributed by atoms with E-state index in [0.29, 0.717) is 5.69 Å². The molecule has 12 nitrogen and oxygen atoms in total. The number of nitrogens with one attached hydrogen (secondary N) is 1. The highest BCUT2D eigenvalue weighted by molar-refractivity contribution is 5.74. The van der Waals surface area contributed by atoms with Crippen LogP contribution in [-0.4, -0.2) is 59.8 Å². The monoisotopic (exact) mass is 415 g/mol. The van der Waals surface area contributed by atoms with Crippen LogP contribution in [0.1, 0.15) is 18.7 Å². The van der Waals surface area contributed by atoms with Gasteiger partial charge in [0.15, 0.2) is 17.4 Å². The minimum absolute atomic E-state index is 0.00127. The maximum Gasteiger partial charge on any atom is 0.280 e. The number of hydrogen-bond donors (Lipinski definition) is 5. The molecular formula is C18H21N7O5. The number of azo groups is 1. The summed E-state index contributed by atoms with van der Waals surface area (Å²) in [6, 6.07) is 7.39. The number of aliphatic hydroxyl groups is 3. The second kappa shape index (κ2) is 7.91. The van der Waals surface area contributed by atoms with Gasteiger partial charge in [-0.05, 0) is 24.1 Å². The predicted octanol–water partition coefficient (Wildman–Crippen LogP) is 0.291. The van der Waals surface area contributed by atoms with E-state index in [4.69, 9.17) is 10.5 Å². The van der Waals surface area contributed by atoms with Gasteiger partial charge in [-0.15, -0.1) is 10.2 Å². The number of nitrogen functional groups attached to an aromatic ring is 1. The van der Waals surface area contributed by atoms with Gasteiger partial charge in [0.05, 0.1) is 12.3 Å². The summed E-state index contributed by atoms with van der Waals surface area (Å²) in [5.41, 5.74) is 6.65. The highest BCUT2D eigenvalue weighted by atomic mass is 16.6. The van der Waals surface area contributed by atoms with Crippen LogP contribution in [0.5, 0.6) is 0 Å². The third-order valence-corrected chi connectivity index (χ3v) is 4.92. The maximum absolute atomic E-state index is 12.3. The van der Waals surface area contributed by atoms with Crippen LogP contribution in [0.15, 0.2) is 39.3 Å². The zero-order chi connectivity index (χ0) is 21.4. The van der Waals surface area contributed by atoms with E-state index in [2.05, 4.69) is 25.2 Å². The highest BCUT2D eigenvalue weighted by Gasteiger charge is 2.45. The Morgan fingerprint density at radius 2 is 1.93 bits per heavy atom. The molecule has 2 aromatic heterocycles. The van der Waals surface area contributed by atoms with Gasteiger partial charge in [0, 0.05) is 0 Å². The molecular weight excluding hydrogens is 394 g/mol. The predicted molar refractivity (Wildman–Crippen MR) is 106 cm³/mol. The normalized spacial score (nSPS) is 24.3. The Morgan fingerprint density at radius 1 is 1.20 bits per heavy atom. The van der Waals surface area contributed by atoms with E-state index >= 15 is 0 Å². The largest absolute Gasteiger partial charge is 0.394 e. The molecule has 2 unspecified atom stereocenters. The second-order valence-corrected chi connectivity index (χ2v) is 6.85. The number of aromatic amines is 1. The molecule has 6 N–H and O–H groups in total. The van der Waals surface area contributed by atoms with Crippen molar-refractivity contribution in [1.29, 1.82) is 0 Å². The number of nitrogens with zero attached hydrogens (tertiary/aromatic N) is 5. The van der Waals surface area contributed by atoms with Gasteiger partial charge in [0.2, 0.25) is 5.95 Å². The third-order valence-electron chi connectivity index (χ3n) is 4.92. The smallest absolute Gasteiger partial charge is 0.280 e. The first kappa shape index (κ1) is 20.1. The number of ether oxygens (including phenoxy) is 1. The van der Waals surface area contributed by atoms with Crippen molar-refractivity contribution in [2.75, 3.05) is 12.3 Å². The van der Waals surface area contributed by atoms with E-state index in [-0.39, 0.29) is 23.1 Å². The quantitative estimate of drug-likeness (QED) is 0.368. The Labute approximate surface area is 169 Å². The maximum atomic E-state index is 12.3. The van der Waals surface area contributed by atoms with E-state index in [1.807, 2.05) is 19.1 Å². The first-order chi connectivity index (χ1) is 14.4. The fraction of sp³-hybridized carbons (Fsp3) is 0.389. The van der Waals surface area contributed by atoms with Crippen LogP contribution in [0.4, 0.5) is 17.6 Å².